The Balaban J connectivity index is 1.19. The monoisotopic (exact) mass is 683 g/mol. The van der Waals surface area contributed by atoms with Crippen LogP contribution >= 0.6 is 23.1 Å². The van der Waals surface area contributed by atoms with E-state index in [0.717, 1.165) is 46.2 Å². The van der Waals surface area contributed by atoms with Gasteiger partial charge in [-0.05, 0) is 67.1 Å². The number of nitrogens with one attached hydrogen (secondary N) is 2. The van der Waals surface area contributed by atoms with Crippen molar-refractivity contribution in [1.29, 1.82) is 0 Å². The average Bonchev–Trinajstić information content (AvgIpc) is 3.54. The van der Waals surface area contributed by atoms with E-state index in [0.29, 0.717) is 32.5 Å². The van der Waals surface area contributed by atoms with E-state index < -0.39 is 52.5 Å². The molecule has 2 aliphatic rings. The number of carbonyl (C=O) groups is 4. The molecule has 0 radical (unpaired) electrons. The number of H-pyrrole nitrogens is 1. The first-order valence-corrected chi connectivity index (χ1v) is 15.9. The zero-order valence-corrected chi connectivity index (χ0v) is 26.0. The number of thioether (sulfide) groups is 1. The van der Waals surface area contributed by atoms with E-state index in [9.17, 15) is 37.1 Å². The molecule has 2 unspecified atom stereocenters. The molecule has 3 aromatic carbocycles. The molecule has 6 rings (SSSR count). The molecule has 3 atom stereocenters. The highest BCUT2D eigenvalue weighted by Gasteiger charge is 2.56. The number of esters is 1. The molecule has 10 nitrogen and oxygen atoms in total. The predicted molar refractivity (Wildman–Crippen MR) is 167 cm³/mol. The third-order valence-electron chi connectivity index (χ3n) is 7.54. The summed E-state index contributed by atoms with van der Waals surface area (Å²) >= 11 is 1.91. The van der Waals surface area contributed by atoms with Crippen molar-refractivity contribution < 1.29 is 41.8 Å². The number of imide groups is 1. The standard InChI is InChI=1S/C32H24F3N3O7S2/c1-2-44-30(42)17-6-10-19(11-7-17)36-22(39)15-45-21-12-8-16(9-13-21)23-24-26(46-27-25(23)47-31(43)37-27)29(41)38(28(24)40)20-5-3-4-18(14-20)32(33,34)35/h3-14,23-24,26H,2,15H2,1H3,(H,36,39)(H,37,43)/t23-,24?,26?/m1/s1. The summed E-state index contributed by atoms with van der Waals surface area (Å²) in [6.45, 7) is 1.60. The lowest BCUT2D eigenvalue weighted by atomic mass is 9.83. The Morgan fingerprint density at radius 1 is 0.979 bits per heavy atom. The molecule has 2 N–H and O–H groups in total. The number of rotatable bonds is 8. The highest BCUT2D eigenvalue weighted by Crippen LogP contribution is 2.53. The molecule has 1 saturated heterocycles. The second-order valence-corrected chi connectivity index (χ2v) is 12.7. The Labute approximate surface area is 272 Å². The summed E-state index contributed by atoms with van der Waals surface area (Å²) in [7, 11) is 0. The molecule has 1 aromatic heterocycles. The topological polar surface area (TPSA) is 135 Å². The number of ether oxygens (including phenoxy) is 2. The number of aromatic amines is 1. The van der Waals surface area contributed by atoms with Gasteiger partial charge in [0.05, 0.1) is 34.4 Å². The van der Waals surface area contributed by atoms with Crippen LogP contribution in [0.4, 0.5) is 24.5 Å². The SMILES string of the molecule is CCOC(=O)c1ccc(NC(=O)COc2ccc([C@H]3c4sc(=O)[nH]c4SC4C(=O)N(c5cccc(C(F)(F)F)c5)C(=O)C43)cc2)cc1. The molecule has 242 valence electrons. The highest BCUT2D eigenvalue weighted by molar-refractivity contribution is 8.00. The molecular formula is C32H24F3N3O7S2. The number of nitrogens with zero attached hydrogens (tertiary/aromatic N) is 1. The summed E-state index contributed by atoms with van der Waals surface area (Å²) in [6.07, 6.45) is -4.67. The van der Waals surface area contributed by atoms with E-state index in [1.165, 1.54) is 18.2 Å². The van der Waals surface area contributed by atoms with Crippen LogP contribution in [0.25, 0.3) is 0 Å². The summed E-state index contributed by atoms with van der Waals surface area (Å²) in [6, 6.07) is 16.7. The van der Waals surface area contributed by atoms with Crippen LogP contribution in [0.2, 0.25) is 0 Å². The Bertz CT molecular complexity index is 1920. The third kappa shape index (κ3) is 6.40. The van der Waals surface area contributed by atoms with Gasteiger partial charge in [0.1, 0.15) is 11.0 Å². The minimum atomic E-state index is -4.67. The van der Waals surface area contributed by atoms with Crippen LogP contribution in [0.1, 0.15) is 39.2 Å². The van der Waals surface area contributed by atoms with E-state index in [1.807, 2.05) is 0 Å². The maximum atomic E-state index is 13.8. The predicted octanol–water partition coefficient (Wildman–Crippen LogP) is 5.45. The second kappa shape index (κ2) is 12.7. The number of alkyl halides is 3. The number of hydrogen-bond acceptors (Lipinski definition) is 9. The van der Waals surface area contributed by atoms with Gasteiger partial charge in [0.15, 0.2) is 6.61 Å². The van der Waals surface area contributed by atoms with Crippen LogP contribution in [0.3, 0.4) is 0 Å². The van der Waals surface area contributed by atoms with E-state index in [4.69, 9.17) is 9.47 Å². The molecule has 1 fully saturated rings. The fraction of sp³-hybridized carbons (Fsp3) is 0.219. The first-order valence-electron chi connectivity index (χ1n) is 14.2. The number of fused-ring (bicyclic) bond motifs is 2. The van der Waals surface area contributed by atoms with Crippen molar-refractivity contribution >= 4 is 58.2 Å². The molecule has 0 aliphatic carbocycles. The molecule has 4 aromatic rings. The molecule has 0 bridgehead atoms. The average molecular weight is 684 g/mol. The Morgan fingerprint density at radius 3 is 2.38 bits per heavy atom. The van der Waals surface area contributed by atoms with Gasteiger partial charge in [0, 0.05) is 16.5 Å². The van der Waals surface area contributed by atoms with Gasteiger partial charge in [0.25, 0.3) is 5.91 Å². The van der Waals surface area contributed by atoms with Gasteiger partial charge in [0.2, 0.25) is 11.8 Å². The van der Waals surface area contributed by atoms with Crippen LogP contribution in [0, 0.1) is 5.92 Å². The van der Waals surface area contributed by atoms with E-state index >= 15 is 0 Å². The van der Waals surface area contributed by atoms with Crippen LogP contribution in [-0.4, -0.2) is 47.1 Å². The molecule has 0 saturated carbocycles. The fourth-order valence-electron chi connectivity index (χ4n) is 5.47. The smallest absolute Gasteiger partial charge is 0.416 e. The molecule has 2 aliphatic heterocycles. The summed E-state index contributed by atoms with van der Waals surface area (Å²) in [5.41, 5.74) is 0.187. The normalized spacial score (nSPS) is 18.8. The van der Waals surface area contributed by atoms with Crippen molar-refractivity contribution in [3.8, 4) is 5.75 Å². The van der Waals surface area contributed by atoms with Crippen molar-refractivity contribution in [3.05, 3.63) is 104 Å². The Hall–Kier alpha value is -4.89. The largest absolute Gasteiger partial charge is 0.484 e. The summed E-state index contributed by atoms with van der Waals surface area (Å²) < 4.78 is 50.8. The van der Waals surface area contributed by atoms with Crippen LogP contribution in [0.5, 0.6) is 5.75 Å². The lowest BCUT2D eigenvalue weighted by molar-refractivity contribution is -0.137. The zero-order chi connectivity index (χ0) is 33.5. The number of amides is 3. The van der Waals surface area contributed by atoms with Crippen molar-refractivity contribution in [2.75, 3.05) is 23.4 Å². The first kappa shape index (κ1) is 32.1. The number of halogens is 3. The van der Waals surface area contributed by atoms with E-state index in [2.05, 4.69) is 10.3 Å². The fourth-order valence-corrected chi connectivity index (χ4v) is 7.99. The van der Waals surface area contributed by atoms with Crippen LogP contribution < -0.4 is 19.8 Å². The van der Waals surface area contributed by atoms with Crippen molar-refractivity contribution in [2.24, 2.45) is 5.92 Å². The number of aromatic nitrogens is 1. The van der Waals surface area contributed by atoms with Gasteiger partial charge >= 0.3 is 17.0 Å². The van der Waals surface area contributed by atoms with Crippen molar-refractivity contribution in [1.82, 2.24) is 4.98 Å². The summed E-state index contributed by atoms with van der Waals surface area (Å²) in [4.78, 5) is 67.7. The number of hydrogen-bond donors (Lipinski definition) is 2. The van der Waals surface area contributed by atoms with Crippen molar-refractivity contribution in [2.45, 2.75) is 29.3 Å². The molecular weight excluding hydrogens is 659 g/mol. The first-order chi connectivity index (χ1) is 22.4. The quantitative estimate of drug-likeness (QED) is 0.185. The molecule has 15 heteroatoms. The maximum absolute atomic E-state index is 13.8. The zero-order valence-electron chi connectivity index (χ0n) is 24.3. The minimum Gasteiger partial charge on any atom is -0.484 e. The maximum Gasteiger partial charge on any atom is 0.416 e. The third-order valence-corrected chi connectivity index (χ3v) is 9.95. The minimum absolute atomic E-state index is 0.183. The number of anilines is 2. The van der Waals surface area contributed by atoms with Gasteiger partial charge in [-0.25, -0.2) is 9.69 Å². The van der Waals surface area contributed by atoms with Crippen LogP contribution in [0.15, 0.2) is 82.6 Å². The van der Waals surface area contributed by atoms with Gasteiger partial charge < -0.3 is 19.8 Å². The lowest BCUT2D eigenvalue weighted by Gasteiger charge is -2.29. The van der Waals surface area contributed by atoms with Gasteiger partial charge in [-0.2, -0.15) is 13.2 Å². The summed E-state index contributed by atoms with van der Waals surface area (Å²) in [5, 5.41) is 2.10. The highest BCUT2D eigenvalue weighted by atomic mass is 32.2. The van der Waals surface area contributed by atoms with Crippen LogP contribution in [-0.2, 0) is 25.3 Å². The Kier molecular flexibility index (Phi) is 8.68. The Morgan fingerprint density at radius 2 is 1.70 bits per heavy atom. The number of benzene rings is 3. The summed E-state index contributed by atoms with van der Waals surface area (Å²) in [5.74, 6) is -3.69. The number of thiazole rings is 1. The van der Waals surface area contributed by atoms with Gasteiger partial charge in [-0.1, -0.05) is 41.3 Å². The van der Waals surface area contributed by atoms with Crippen molar-refractivity contribution in [3.63, 3.8) is 0 Å². The molecule has 0 spiro atoms. The van der Waals surface area contributed by atoms with E-state index in [1.54, 1.807) is 43.3 Å². The second-order valence-electron chi connectivity index (χ2n) is 10.5. The molecule has 47 heavy (non-hydrogen) atoms. The van der Waals surface area contributed by atoms with Gasteiger partial charge in [-0.15, -0.1) is 0 Å². The molecule has 3 amide bonds. The van der Waals surface area contributed by atoms with Gasteiger partial charge in [-0.3, -0.25) is 19.2 Å². The number of carbonyl (C=O) groups excluding carboxylic acids is 4. The lowest BCUT2D eigenvalue weighted by Crippen LogP contribution is -2.32. The molecule has 3 heterocycles. The van der Waals surface area contributed by atoms with E-state index in [-0.39, 0.29) is 23.8 Å².